The van der Waals surface area contributed by atoms with Crippen molar-refractivity contribution in [3.63, 3.8) is 0 Å². The molecule has 0 unspecified atom stereocenters. The largest absolute Gasteiger partial charge is 0.392 e. The van der Waals surface area contributed by atoms with Crippen molar-refractivity contribution in [3.8, 4) is 0 Å². The van der Waals surface area contributed by atoms with Gasteiger partial charge < -0.3 is 5.11 Å². The Kier molecular flexibility index (Phi) is 1.53. The summed E-state index contributed by atoms with van der Waals surface area (Å²) in [6.45, 7) is 0. The summed E-state index contributed by atoms with van der Waals surface area (Å²) >= 11 is 0. The lowest BCUT2D eigenvalue weighted by atomic mass is 9.82. The summed E-state index contributed by atoms with van der Waals surface area (Å²) in [5, 5.41) is 9.63. The minimum Gasteiger partial charge on any atom is -0.392 e. The second-order valence-electron chi connectivity index (χ2n) is 3.84. The Morgan fingerprint density at radius 3 is 2.55 bits per heavy atom. The second-order valence-corrected chi connectivity index (χ2v) is 3.84. The zero-order chi connectivity index (χ0) is 7.90. The monoisotopic (exact) mass is 154 g/mol. The first kappa shape index (κ1) is 7.29. The van der Waals surface area contributed by atoms with Gasteiger partial charge in [0.2, 0.25) is 0 Å². The minimum absolute atomic E-state index is 0.278. The lowest BCUT2D eigenvalue weighted by Gasteiger charge is -2.24. The van der Waals surface area contributed by atoms with Gasteiger partial charge in [0.1, 0.15) is 5.78 Å². The third kappa shape index (κ3) is 0.853. The maximum atomic E-state index is 11.4. The highest BCUT2D eigenvalue weighted by atomic mass is 16.3. The van der Waals surface area contributed by atoms with Crippen LogP contribution in [0.3, 0.4) is 0 Å². The Morgan fingerprint density at radius 1 is 1.36 bits per heavy atom. The lowest BCUT2D eigenvalue weighted by Crippen LogP contribution is -2.33. The number of rotatable bonds is 0. The predicted octanol–water partition coefficient (Wildman–Crippen LogP) is 1.27. The number of hydrogen-bond acceptors (Lipinski definition) is 2. The van der Waals surface area contributed by atoms with E-state index in [-0.39, 0.29) is 11.5 Å². The zero-order valence-electron chi connectivity index (χ0n) is 6.68. The summed E-state index contributed by atoms with van der Waals surface area (Å²) in [4.78, 5) is 11.4. The van der Waals surface area contributed by atoms with Gasteiger partial charge in [-0.3, -0.25) is 4.79 Å². The second kappa shape index (κ2) is 2.31. The molecular formula is C9H14O2. The van der Waals surface area contributed by atoms with E-state index in [9.17, 15) is 9.90 Å². The molecule has 2 aliphatic carbocycles. The van der Waals surface area contributed by atoms with Gasteiger partial charge in [-0.25, -0.2) is 0 Å². The van der Waals surface area contributed by atoms with Crippen molar-refractivity contribution in [1.29, 1.82) is 0 Å². The van der Waals surface area contributed by atoms with E-state index in [2.05, 4.69) is 0 Å². The van der Waals surface area contributed by atoms with Crippen LogP contribution >= 0.6 is 0 Å². The molecule has 2 aliphatic rings. The fourth-order valence-electron chi connectivity index (χ4n) is 2.62. The molecular weight excluding hydrogens is 140 g/mol. The fourth-order valence-corrected chi connectivity index (χ4v) is 2.62. The van der Waals surface area contributed by atoms with Gasteiger partial charge >= 0.3 is 0 Å². The van der Waals surface area contributed by atoms with Crippen LogP contribution in [-0.2, 0) is 4.79 Å². The van der Waals surface area contributed by atoms with Crippen LogP contribution in [0.5, 0.6) is 0 Å². The molecule has 0 amide bonds. The van der Waals surface area contributed by atoms with E-state index < -0.39 is 0 Å². The van der Waals surface area contributed by atoms with Crippen molar-refractivity contribution in [1.82, 2.24) is 0 Å². The number of aliphatic hydroxyl groups is 1. The Labute approximate surface area is 66.6 Å². The van der Waals surface area contributed by atoms with Crippen LogP contribution in [-0.4, -0.2) is 17.0 Å². The smallest absolute Gasteiger partial charge is 0.141 e. The van der Waals surface area contributed by atoms with Crippen LogP contribution in [0.25, 0.3) is 0 Å². The van der Waals surface area contributed by atoms with Crippen LogP contribution < -0.4 is 0 Å². The first-order chi connectivity index (χ1) is 5.26. The van der Waals surface area contributed by atoms with E-state index in [1.807, 2.05) is 0 Å². The van der Waals surface area contributed by atoms with E-state index in [4.69, 9.17) is 0 Å². The molecule has 0 bridgehead atoms. The van der Waals surface area contributed by atoms with Crippen molar-refractivity contribution < 1.29 is 9.90 Å². The summed E-state index contributed by atoms with van der Waals surface area (Å²) < 4.78 is 0. The molecule has 0 heterocycles. The number of carbonyl (C=O) groups excluding carboxylic acids is 1. The molecule has 2 saturated carbocycles. The quantitative estimate of drug-likeness (QED) is 0.570. The standard InChI is InChI=1S/C9H14O2/c10-7-3-1-5-9(7)6-2-4-8(9)11/h7,10H,1-6H2/t7-,9+/m0/s1. The van der Waals surface area contributed by atoms with Gasteiger partial charge in [0, 0.05) is 6.42 Å². The van der Waals surface area contributed by atoms with Gasteiger partial charge in [-0.1, -0.05) is 0 Å². The average Bonchev–Trinajstić information content (AvgIpc) is 2.48. The molecule has 2 nitrogen and oxygen atoms in total. The maximum absolute atomic E-state index is 11.4. The Balaban J connectivity index is 2.25. The third-order valence-electron chi connectivity index (χ3n) is 3.32. The van der Waals surface area contributed by atoms with Crippen molar-refractivity contribution >= 4 is 5.78 Å². The van der Waals surface area contributed by atoms with Gasteiger partial charge in [0.15, 0.2) is 0 Å². The molecule has 2 atom stereocenters. The molecule has 0 aromatic heterocycles. The third-order valence-corrected chi connectivity index (χ3v) is 3.32. The highest BCUT2D eigenvalue weighted by Crippen LogP contribution is 2.48. The van der Waals surface area contributed by atoms with E-state index >= 15 is 0 Å². The Bertz CT molecular complexity index is 184. The number of carbonyl (C=O) groups is 1. The molecule has 1 N–H and O–H groups in total. The number of hydrogen-bond donors (Lipinski definition) is 1. The summed E-state index contributed by atoms with van der Waals surface area (Å²) in [6, 6.07) is 0. The normalized spacial score (nSPS) is 44.1. The van der Waals surface area contributed by atoms with Crippen LogP contribution in [0.15, 0.2) is 0 Å². The van der Waals surface area contributed by atoms with Crippen LogP contribution in [0.1, 0.15) is 38.5 Å². The maximum Gasteiger partial charge on any atom is 0.141 e. The van der Waals surface area contributed by atoms with Crippen molar-refractivity contribution in [2.24, 2.45) is 5.41 Å². The molecule has 0 aliphatic heterocycles. The van der Waals surface area contributed by atoms with Crippen LogP contribution in [0.2, 0.25) is 0 Å². The summed E-state index contributed by atoms with van der Waals surface area (Å²) in [7, 11) is 0. The number of Topliss-reactive ketones (excluding diaryl/α,β-unsaturated/α-hetero) is 1. The Morgan fingerprint density at radius 2 is 2.09 bits per heavy atom. The highest BCUT2D eigenvalue weighted by Gasteiger charge is 2.49. The number of aliphatic hydroxyl groups excluding tert-OH is 1. The summed E-state index contributed by atoms with van der Waals surface area (Å²) in [6.07, 6.45) is 5.13. The molecule has 2 heteroatoms. The Hall–Kier alpha value is -0.370. The van der Waals surface area contributed by atoms with Crippen molar-refractivity contribution in [2.75, 3.05) is 0 Å². The van der Waals surface area contributed by atoms with Gasteiger partial charge in [0.05, 0.1) is 11.5 Å². The summed E-state index contributed by atoms with van der Waals surface area (Å²) in [5.41, 5.74) is -0.278. The molecule has 62 valence electrons. The molecule has 11 heavy (non-hydrogen) atoms. The van der Waals surface area contributed by atoms with Crippen LogP contribution in [0.4, 0.5) is 0 Å². The van der Waals surface area contributed by atoms with Crippen molar-refractivity contribution in [2.45, 2.75) is 44.6 Å². The zero-order valence-corrected chi connectivity index (χ0v) is 6.68. The molecule has 2 rings (SSSR count). The average molecular weight is 154 g/mol. The topological polar surface area (TPSA) is 37.3 Å². The molecule has 0 aromatic carbocycles. The minimum atomic E-state index is -0.322. The SMILES string of the molecule is O=C1CCC[C@@]12CCC[C@@H]2O. The predicted molar refractivity (Wildman–Crippen MR) is 41.1 cm³/mol. The molecule has 2 fully saturated rings. The highest BCUT2D eigenvalue weighted by molar-refractivity contribution is 5.87. The summed E-state index contributed by atoms with van der Waals surface area (Å²) in [5.74, 6) is 0.322. The lowest BCUT2D eigenvalue weighted by molar-refractivity contribution is -0.130. The molecule has 0 aromatic rings. The van der Waals surface area contributed by atoms with Gasteiger partial charge in [-0.05, 0) is 32.1 Å². The first-order valence-electron chi connectivity index (χ1n) is 4.47. The van der Waals surface area contributed by atoms with Crippen molar-refractivity contribution in [3.05, 3.63) is 0 Å². The van der Waals surface area contributed by atoms with Gasteiger partial charge in [0.25, 0.3) is 0 Å². The van der Waals surface area contributed by atoms with Gasteiger partial charge in [-0.2, -0.15) is 0 Å². The van der Waals surface area contributed by atoms with Crippen LogP contribution in [0, 0.1) is 5.41 Å². The number of ketones is 1. The fraction of sp³-hybridized carbons (Fsp3) is 0.889. The molecule has 1 spiro atoms. The van der Waals surface area contributed by atoms with E-state index in [1.165, 1.54) is 0 Å². The van der Waals surface area contributed by atoms with Gasteiger partial charge in [-0.15, -0.1) is 0 Å². The molecule has 0 saturated heterocycles. The van der Waals surface area contributed by atoms with E-state index in [0.717, 1.165) is 32.1 Å². The molecule has 0 radical (unpaired) electrons. The van der Waals surface area contributed by atoms with E-state index in [1.54, 1.807) is 0 Å². The first-order valence-corrected chi connectivity index (χ1v) is 4.47. The van der Waals surface area contributed by atoms with E-state index in [0.29, 0.717) is 12.2 Å².